The fraction of sp³-hybridized carbons (Fsp3) is 0.0625. The fourth-order valence-corrected chi connectivity index (χ4v) is 3.10. The van der Waals surface area contributed by atoms with Crippen LogP contribution in [0, 0.1) is 6.92 Å². The number of aromatic nitrogens is 2. The highest BCUT2D eigenvalue weighted by molar-refractivity contribution is 7.18. The second-order valence-electron chi connectivity index (χ2n) is 4.86. The molecular formula is C16H11ClN2O3S. The van der Waals surface area contributed by atoms with E-state index in [2.05, 4.69) is 4.98 Å². The molecule has 0 atom stereocenters. The summed E-state index contributed by atoms with van der Waals surface area (Å²) in [5, 5.41) is 8.98. The van der Waals surface area contributed by atoms with Gasteiger partial charge in [-0.25, -0.2) is 9.78 Å². The first-order chi connectivity index (χ1) is 11.0. The largest absolute Gasteiger partial charge is 0.477 e. The van der Waals surface area contributed by atoms with Gasteiger partial charge >= 0.3 is 5.97 Å². The molecule has 0 fully saturated rings. The van der Waals surface area contributed by atoms with Gasteiger partial charge in [0.15, 0.2) is 4.96 Å². The molecule has 3 rings (SSSR count). The summed E-state index contributed by atoms with van der Waals surface area (Å²) in [4.78, 5) is 27.9. The first kappa shape index (κ1) is 15.5. The molecule has 1 aromatic carbocycles. The molecule has 0 unspecified atom stereocenters. The van der Waals surface area contributed by atoms with Gasteiger partial charge in [-0.05, 0) is 24.1 Å². The van der Waals surface area contributed by atoms with Crippen molar-refractivity contribution < 1.29 is 9.90 Å². The lowest BCUT2D eigenvalue weighted by molar-refractivity contribution is 0.0702. The normalized spacial score (nSPS) is 11.4. The van der Waals surface area contributed by atoms with Crippen molar-refractivity contribution in [2.24, 2.45) is 0 Å². The lowest BCUT2D eigenvalue weighted by Crippen LogP contribution is -2.14. The Labute approximate surface area is 140 Å². The number of carboxylic acids is 1. The Morgan fingerprint density at radius 1 is 1.35 bits per heavy atom. The predicted molar refractivity (Wildman–Crippen MR) is 91.4 cm³/mol. The third-order valence-electron chi connectivity index (χ3n) is 3.32. The molecule has 7 heteroatoms. The summed E-state index contributed by atoms with van der Waals surface area (Å²) in [6, 6.07) is 7.78. The van der Waals surface area contributed by atoms with Crippen molar-refractivity contribution >= 4 is 46.0 Å². The van der Waals surface area contributed by atoms with Crippen LogP contribution < -0.4 is 5.56 Å². The molecule has 0 radical (unpaired) electrons. The van der Waals surface area contributed by atoms with Crippen LogP contribution in [0.2, 0.25) is 5.02 Å². The SMILES string of the molecule is Cc1ccccc1C=Cc1nc2sc(C(=O)O)cn2c(=O)c1Cl. The van der Waals surface area contributed by atoms with Crippen molar-refractivity contribution in [2.45, 2.75) is 6.92 Å². The van der Waals surface area contributed by atoms with Crippen LogP contribution in [0.3, 0.4) is 0 Å². The molecule has 2 aromatic heterocycles. The molecule has 23 heavy (non-hydrogen) atoms. The van der Waals surface area contributed by atoms with E-state index < -0.39 is 11.5 Å². The number of benzene rings is 1. The number of aromatic carboxylic acids is 1. The van der Waals surface area contributed by atoms with Crippen molar-refractivity contribution in [3.63, 3.8) is 0 Å². The van der Waals surface area contributed by atoms with Crippen LogP contribution in [0.15, 0.2) is 35.3 Å². The van der Waals surface area contributed by atoms with Crippen molar-refractivity contribution in [1.29, 1.82) is 0 Å². The minimum Gasteiger partial charge on any atom is -0.477 e. The van der Waals surface area contributed by atoms with Gasteiger partial charge in [0.05, 0.1) is 5.69 Å². The van der Waals surface area contributed by atoms with Crippen molar-refractivity contribution in [3.05, 3.63) is 67.5 Å². The van der Waals surface area contributed by atoms with Crippen LogP contribution in [0.1, 0.15) is 26.5 Å². The van der Waals surface area contributed by atoms with Crippen LogP contribution in [0.25, 0.3) is 17.1 Å². The van der Waals surface area contributed by atoms with E-state index in [1.54, 1.807) is 6.08 Å². The van der Waals surface area contributed by atoms with Gasteiger partial charge in [-0.15, -0.1) is 0 Å². The van der Waals surface area contributed by atoms with Gasteiger partial charge in [-0.1, -0.05) is 53.3 Å². The zero-order valence-electron chi connectivity index (χ0n) is 12.0. The maximum atomic E-state index is 12.2. The summed E-state index contributed by atoms with van der Waals surface area (Å²) >= 11 is 7.00. The monoisotopic (exact) mass is 346 g/mol. The third-order valence-corrected chi connectivity index (χ3v) is 4.65. The number of rotatable bonds is 3. The molecular weight excluding hydrogens is 336 g/mol. The molecule has 116 valence electrons. The van der Waals surface area contributed by atoms with E-state index in [4.69, 9.17) is 16.7 Å². The molecule has 0 aliphatic carbocycles. The Bertz CT molecular complexity index is 1000. The number of nitrogens with zero attached hydrogens (tertiary/aromatic N) is 2. The molecule has 0 amide bonds. The summed E-state index contributed by atoms with van der Waals surface area (Å²) in [7, 11) is 0. The standard InChI is InChI=1S/C16H11ClN2O3S/c1-9-4-2-3-5-10(9)6-7-11-13(17)14(20)19-8-12(15(21)22)23-16(19)18-11/h2-8H,1H3,(H,21,22). The Morgan fingerprint density at radius 2 is 2.09 bits per heavy atom. The molecule has 5 nitrogen and oxygen atoms in total. The first-order valence-corrected chi connectivity index (χ1v) is 7.85. The quantitative estimate of drug-likeness (QED) is 0.786. The highest BCUT2D eigenvalue weighted by Crippen LogP contribution is 2.20. The highest BCUT2D eigenvalue weighted by Gasteiger charge is 2.14. The summed E-state index contributed by atoms with van der Waals surface area (Å²) in [5.74, 6) is -1.10. The molecule has 0 bridgehead atoms. The summed E-state index contributed by atoms with van der Waals surface area (Å²) in [6.45, 7) is 1.98. The second-order valence-corrected chi connectivity index (χ2v) is 6.25. The van der Waals surface area contributed by atoms with Crippen LogP contribution in [-0.2, 0) is 0 Å². The van der Waals surface area contributed by atoms with Crippen molar-refractivity contribution in [2.75, 3.05) is 0 Å². The van der Waals surface area contributed by atoms with Crippen molar-refractivity contribution in [1.82, 2.24) is 9.38 Å². The zero-order chi connectivity index (χ0) is 16.6. The lowest BCUT2D eigenvalue weighted by Gasteiger charge is -2.00. The summed E-state index contributed by atoms with van der Waals surface area (Å²) in [5.41, 5.74) is 1.91. The number of thiazole rings is 1. The molecule has 1 N–H and O–H groups in total. The Hall–Kier alpha value is -2.44. The Kier molecular flexibility index (Phi) is 4.02. The average molecular weight is 347 g/mol. The van der Waals surface area contributed by atoms with Gasteiger partial charge < -0.3 is 5.11 Å². The van der Waals surface area contributed by atoms with E-state index in [0.717, 1.165) is 26.9 Å². The predicted octanol–water partition coefficient (Wildman–Crippen LogP) is 3.59. The number of hydrogen-bond acceptors (Lipinski definition) is 4. The topological polar surface area (TPSA) is 71.7 Å². The average Bonchev–Trinajstić information content (AvgIpc) is 2.95. The van der Waals surface area contributed by atoms with E-state index in [-0.39, 0.29) is 9.90 Å². The van der Waals surface area contributed by atoms with E-state index in [1.165, 1.54) is 6.20 Å². The van der Waals surface area contributed by atoms with Crippen LogP contribution in [-0.4, -0.2) is 20.5 Å². The number of hydrogen-bond donors (Lipinski definition) is 1. The van der Waals surface area contributed by atoms with Gasteiger partial charge in [0.1, 0.15) is 9.90 Å². The van der Waals surface area contributed by atoms with E-state index in [0.29, 0.717) is 10.7 Å². The van der Waals surface area contributed by atoms with E-state index >= 15 is 0 Å². The minimum absolute atomic E-state index is 0.0331. The Morgan fingerprint density at radius 3 is 2.78 bits per heavy atom. The maximum absolute atomic E-state index is 12.2. The number of fused-ring (bicyclic) bond motifs is 1. The van der Waals surface area contributed by atoms with Gasteiger partial charge in [-0.3, -0.25) is 9.20 Å². The van der Waals surface area contributed by atoms with Gasteiger partial charge in [0.25, 0.3) is 5.56 Å². The number of carboxylic acid groups (broad SMARTS) is 1. The smallest absolute Gasteiger partial charge is 0.347 e. The number of carbonyl (C=O) groups is 1. The van der Waals surface area contributed by atoms with Gasteiger partial charge in [0.2, 0.25) is 0 Å². The summed E-state index contributed by atoms with van der Waals surface area (Å²) < 4.78 is 1.15. The molecule has 2 heterocycles. The summed E-state index contributed by atoms with van der Waals surface area (Å²) in [6.07, 6.45) is 4.72. The Balaban J connectivity index is 2.11. The fourth-order valence-electron chi connectivity index (χ4n) is 2.09. The van der Waals surface area contributed by atoms with Crippen LogP contribution in [0.4, 0.5) is 0 Å². The maximum Gasteiger partial charge on any atom is 0.347 e. The minimum atomic E-state index is -1.10. The molecule has 0 aliphatic heterocycles. The molecule has 0 saturated heterocycles. The highest BCUT2D eigenvalue weighted by atomic mass is 35.5. The van der Waals surface area contributed by atoms with Crippen LogP contribution >= 0.6 is 22.9 Å². The van der Waals surface area contributed by atoms with Crippen LogP contribution in [0.5, 0.6) is 0 Å². The van der Waals surface area contributed by atoms with E-state index in [9.17, 15) is 9.59 Å². The van der Waals surface area contributed by atoms with Gasteiger partial charge in [-0.2, -0.15) is 0 Å². The van der Waals surface area contributed by atoms with E-state index in [1.807, 2.05) is 37.3 Å². The molecule has 0 spiro atoms. The number of halogens is 1. The third kappa shape index (κ3) is 2.91. The van der Waals surface area contributed by atoms with Crippen molar-refractivity contribution in [3.8, 4) is 0 Å². The molecule has 0 saturated carbocycles. The van der Waals surface area contributed by atoms with Gasteiger partial charge in [0, 0.05) is 6.20 Å². The molecule has 3 aromatic rings. The zero-order valence-corrected chi connectivity index (χ0v) is 13.6. The first-order valence-electron chi connectivity index (χ1n) is 6.66. The lowest BCUT2D eigenvalue weighted by atomic mass is 10.1. The second kappa shape index (κ2) is 5.98. The molecule has 0 aliphatic rings. The number of aryl methyl sites for hydroxylation is 1.